The number of β-amino-alcohol motifs (C(OH)–C–C–N with tert-alkyl or cyclic N) is 1. The molecule has 0 aliphatic carbocycles. The van der Waals surface area contributed by atoms with Crippen molar-refractivity contribution in [3.63, 3.8) is 0 Å². The molecule has 1 aromatic carbocycles. The van der Waals surface area contributed by atoms with Gasteiger partial charge in [-0.25, -0.2) is 0 Å². The van der Waals surface area contributed by atoms with Crippen molar-refractivity contribution in [2.24, 2.45) is 5.92 Å². The van der Waals surface area contributed by atoms with Gasteiger partial charge in [0.15, 0.2) is 5.76 Å². The van der Waals surface area contributed by atoms with Gasteiger partial charge in [0.1, 0.15) is 5.58 Å². The van der Waals surface area contributed by atoms with Gasteiger partial charge in [-0.1, -0.05) is 18.2 Å². The van der Waals surface area contributed by atoms with E-state index in [9.17, 15) is 9.90 Å². The van der Waals surface area contributed by atoms with Gasteiger partial charge in [0.25, 0.3) is 5.91 Å². The number of amides is 1. The fraction of sp³-hybridized carbons (Fsp3) is 0.357. The summed E-state index contributed by atoms with van der Waals surface area (Å²) < 4.78 is 5.48. The lowest BCUT2D eigenvalue weighted by Gasteiger charge is -2.13. The minimum atomic E-state index is -0.393. The molecule has 1 aliphatic heterocycles. The number of hydrogen-bond donors (Lipinski definition) is 3. The highest BCUT2D eigenvalue weighted by molar-refractivity contribution is 5.96. The van der Waals surface area contributed by atoms with Crippen molar-refractivity contribution in [1.29, 1.82) is 0 Å². The van der Waals surface area contributed by atoms with Crippen LogP contribution in [-0.4, -0.2) is 36.8 Å². The molecule has 2 aromatic rings. The fourth-order valence-electron chi connectivity index (χ4n) is 2.33. The topological polar surface area (TPSA) is 74.5 Å². The number of carbonyl (C=O) groups excluding carboxylic acids is 1. The maximum absolute atomic E-state index is 12.0. The standard InChI is InChI=1S/C14H16N2O3/c17-11-8-15-6-10(11)7-16-14(18)13-5-9-3-1-2-4-12(9)19-13/h1-5,10-11,15,17H,6-8H2,(H,16,18). The first-order valence-corrected chi connectivity index (χ1v) is 6.39. The van der Waals surface area contributed by atoms with Crippen molar-refractivity contribution in [2.75, 3.05) is 19.6 Å². The van der Waals surface area contributed by atoms with E-state index >= 15 is 0 Å². The van der Waals surface area contributed by atoms with E-state index in [2.05, 4.69) is 10.6 Å². The van der Waals surface area contributed by atoms with Gasteiger partial charge in [0.05, 0.1) is 6.10 Å². The highest BCUT2D eigenvalue weighted by Crippen LogP contribution is 2.18. The molecule has 1 amide bonds. The van der Waals surface area contributed by atoms with Crippen LogP contribution in [0, 0.1) is 5.92 Å². The molecule has 2 heterocycles. The number of furan rings is 1. The third-order valence-electron chi connectivity index (χ3n) is 3.48. The van der Waals surface area contributed by atoms with Crippen LogP contribution in [0.5, 0.6) is 0 Å². The fourth-order valence-corrected chi connectivity index (χ4v) is 2.33. The van der Waals surface area contributed by atoms with Crippen molar-refractivity contribution in [1.82, 2.24) is 10.6 Å². The van der Waals surface area contributed by atoms with Crippen LogP contribution in [0.25, 0.3) is 11.0 Å². The summed E-state index contributed by atoms with van der Waals surface area (Å²) in [6.07, 6.45) is -0.393. The van der Waals surface area contributed by atoms with Crippen LogP contribution < -0.4 is 10.6 Å². The molecule has 100 valence electrons. The van der Waals surface area contributed by atoms with Crippen molar-refractivity contribution in [2.45, 2.75) is 6.10 Å². The number of aliphatic hydroxyl groups is 1. The van der Waals surface area contributed by atoms with Gasteiger partial charge in [0.2, 0.25) is 0 Å². The molecule has 0 saturated carbocycles. The Morgan fingerprint density at radius 1 is 1.42 bits per heavy atom. The zero-order chi connectivity index (χ0) is 13.2. The van der Waals surface area contributed by atoms with Crippen LogP contribution in [0.4, 0.5) is 0 Å². The number of hydrogen-bond acceptors (Lipinski definition) is 4. The Labute approximate surface area is 110 Å². The number of fused-ring (bicyclic) bond motifs is 1. The molecular weight excluding hydrogens is 244 g/mol. The Morgan fingerprint density at radius 2 is 2.26 bits per heavy atom. The van der Waals surface area contributed by atoms with E-state index in [0.29, 0.717) is 24.4 Å². The van der Waals surface area contributed by atoms with Crippen molar-refractivity contribution in [3.05, 3.63) is 36.1 Å². The van der Waals surface area contributed by atoms with Crippen molar-refractivity contribution in [3.8, 4) is 0 Å². The number of para-hydroxylation sites is 1. The normalized spacial score (nSPS) is 22.8. The maximum Gasteiger partial charge on any atom is 0.287 e. The first-order valence-electron chi connectivity index (χ1n) is 6.39. The Kier molecular flexibility index (Phi) is 3.23. The average molecular weight is 260 g/mol. The molecule has 3 N–H and O–H groups in total. The summed E-state index contributed by atoms with van der Waals surface area (Å²) in [4.78, 5) is 12.0. The SMILES string of the molecule is O=C(NCC1CNCC1O)c1cc2ccccc2o1. The van der Waals surface area contributed by atoms with E-state index in [4.69, 9.17) is 4.42 Å². The van der Waals surface area contributed by atoms with Gasteiger partial charge < -0.3 is 20.2 Å². The molecule has 1 aromatic heterocycles. The summed E-state index contributed by atoms with van der Waals surface area (Å²) in [5, 5.41) is 16.4. The Balaban J connectivity index is 1.66. The van der Waals surface area contributed by atoms with Gasteiger partial charge in [-0.05, 0) is 12.1 Å². The zero-order valence-electron chi connectivity index (χ0n) is 10.4. The third kappa shape index (κ3) is 2.47. The van der Waals surface area contributed by atoms with Crippen LogP contribution in [0.2, 0.25) is 0 Å². The lowest BCUT2D eigenvalue weighted by Crippen LogP contribution is -2.34. The Bertz CT molecular complexity index is 560. The summed E-state index contributed by atoms with van der Waals surface area (Å²) in [7, 11) is 0. The molecule has 0 spiro atoms. The first-order chi connectivity index (χ1) is 9.24. The Hall–Kier alpha value is -1.85. The lowest BCUT2D eigenvalue weighted by atomic mass is 10.1. The molecule has 5 heteroatoms. The van der Waals surface area contributed by atoms with Crippen LogP contribution in [-0.2, 0) is 0 Å². The average Bonchev–Trinajstić information content (AvgIpc) is 3.01. The van der Waals surface area contributed by atoms with E-state index in [1.54, 1.807) is 6.07 Å². The number of rotatable bonds is 3. The molecular formula is C14H16N2O3. The van der Waals surface area contributed by atoms with Gasteiger partial charge in [-0.15, -0.1) is 0 Å². The number of carbonyl (C=O) groups is 1. The summed E-state index contributed by atoms with van der Waals surface area (Å²) in [5.41, 5.74) is 0.704. The highest BCUT2D eigenvalue weighted by Gasteiger charge is 2.25. The van der Waals surface area contributed by atoms with Crippen LogP contribution in [0.1, 0.15) is 10.6 Å². The van der Waals surface area contributed by atoms with Gasteiger partial charge in [-0.3, -0.25) is 4.79 Å². The molecule has 0 bridgehead atoms. The number of aliphatic hydroxyl groups excluding tert-OH is 1. The highest BCUT2D eigenvalue weighted by atomic mass is 16.3. The van der Waals surface area contributed by atoms with Crippen LogP contribution in [0.3, 0.4) is 0 Å². The summed E-state index contributed by atoms with van der Waals surface area (Å²) in [5.74, 6) is 0.130. The smallest absolute Gasteiger partial charge is 0.287 e. The molecule has 2 atom stereocenters. The minimum Gasteiger partial charge on any atom is -0.451 e. The summed E-state index contributed by atoms with van der Waals surface area (Å²) in [6, 6.07) is 9.24. The van der Waals surface area contributed by atoms with Gasteiger partial charge in [0, 0.05) is 30.9 Å². The molecule has 1 aliphatic rings. The predicted octanol–water partition coefficient (Wildman–Crippen LogP) is 0.743. The number of nitrogens with one attached hydrogen (secondary N) is 2. The first kappa shape index (κ1) is 12.2. The van der Waals surface area contributed by atoms with Gasteiger partial charge in [-0.2, -0.15) is 0 Å². The quantitative estimate of drug-likeness (QED) is 0.761. The predicted molar refractivity (Wildman–Crippen MR) is 70.9 cm³/mol. The van der Waals surface area contributed by atoms with Crippen LogP contribution >= 0.6 is 0 Å². The molecule has 1 saturated heterocycles. The Morgan fingerprint density at radius 3 is 3.00 bits per heavy atom. The molecule has 5 nitrogen and oxygen atoms in total. The van der Waals surface area contributed by atoms with Crippen molar-refractivity contribution < 1.29 is 14.3 Å². The maximum atomic E-state index is 12.0. The van der Waals surface area contributed by atoms with E-state index in [0.717, 1.165) is 11.9 Å². The molecule has 2 unspecified atom stereocenters. The van der Waals surface area contributed by atoms with E-state index in [-0.39, 0.29) is 11.8 Å². The lowest BCUT2D eigenvalue weighted by molar-refractivity contribution is 0.0902. The molecule has 19 heavy (non-hydrogen) atoms. The van der Waals surface area contributed by atoms with E-state index in [1.807, 2.05) is 24.3 Å². The van der Waals surface area contributed by atoms with E-state index < -0.39 is 6.10 Å². The second kappa shape index (κ2) is 5.03. The van der Waals surface area contributed by atoms with E-state index in [1.165, 1.54) is 0 Å². The summed E-state index contributed by atoms with van der Waals surface area (Å²) in [6.45, 7) is 1.76. The third-order valence-corrected chi connectivity index (χ3v) is 3.48. The largest absolute Gasteiger partial charge is 0.451 e. The minimum absolute atomic E-state index is 0.0633. The molecule has 1 fully saturated rings. The second-order valence-electron chi connectivity index (χ2n) is 4.84. The zero-order valence-corrected chi connectivity index (χ0v) is 10.4. The van der Waals surface area contributed by atoms with Crippen molar-refractivity contribution >= 4 is 16.9 Å². The molecule has 3 rings (SSSR count). The number of benzene rings is 1. The second-order valence-corrected chi connectivity index (χ2v) is 4.84. The monoisotopic (exact) mass is 260 g/mol. The summed E-state index contributed by atoms with van der Waals surface area (Å²) >= 11 is 0. The van der Waals surface area contributed by atoms with Crippen LogP contribution in [0.15, 0.2) is 34.7 Å². The molecule has 0 radical (unpaired) electrons. The van der Waals surface area contributed by atoms with Gasteiger partial charge >= 0.3 is 0 Å².